The summed E-state index contributed by atoms with van der Waals surface area (Å²) in [5, 5.41) is 17.6. The zero-order valence-corrected chi connectivity index (χ0v) is 11.0. The Morgan fingerprint density at radius 2 is 1.71 bits per heavy atom. The summed E-state index contributed by atoms with van der Waals surface area (Å²) in [4.78, 5) is 13.5. The molecule has 17 heavy (non-hydrogen) atoms. The van der Waals surface area contributed by atoms with Crippen molar-refractivity contribution in [2.45, 2.75) is 51.9 Å². The van der Waals surface area contributed by atoms with Gasteiger partial charge in [0.05, 0.1) is 6.61 Å². The van der Waals surface area contributed by atoms with E-state index in [-0.39, 0.29) is 19.1 Å². The summed E-state index contributed by atoms with van der Waals surface area (Å²) in [7, 11) is 0. The van der Waals surface area contributed by atoms with Crippen LogP contribution in [0, 0.1) is 0 Å². The number of aliphatic hydroxyl groups excluding tert-OH is 2. The molecule has 102 valence electrons. The fraction of sp³-hybridized carbons (Fsp3) is 0.923. The molecule has 1 amide bonds. The average Bonchev–Trinajstić information content (AvgIpc) is 2.33. The number of amides is 1. The molecule has 0 radical (unpaired) electrons. The van der Waals surface area contributed by atoms with Crippen LogP contribution in [0.25, 0.3) is 0 Å². The van der Waals surface area contributed by atoms with Gasteiger partial charge >= 0.3 is 0 Å². The highest BCUT2D eigenvalue weighted by Crippen LogP contribution is 2.05. The van der Waals surface area contributed by atoms with Crippen LogP contribution in [0.15, 0.2) is 0 Å². The van der Waals surface area contributed by atoms with Gasteiger partial charge in [0, 0.05) is 26.1 Å². The summed E-state index contributed by atoms with van der Waals surface area (Å²) in [6, 6.07) is 0. The van der Waals surface area contributed by atoms with Crippen LogP contribution in [0.2, 0.25) is 0 Å². The molecule has 4 heteroatoms. The molecule has 0 aromatic heterocycles. The van der Waals surface area contributed by atoms with E-state index in [1.54, 1.807) is 4.90 Å². The maximum atomic E-state index is 11.8. The first kappa shape index (κ1) is 16.4. The monoisotopic (exact) mass is 245 g/mol. The van der Waals surface area contributed by atoms with Crippen molar-refractivity contribution in [3.05, 3.63) is 0 Å². The van der Waals surface area contributed by atoms with Crippen LogP contribution >= 0.6 is 0 Å². The lowest BCUT2D eigenvalue weighted by Crippen LogP contribution is -2.34. The van der Waals surface area contributed by atoms with Gasteiger partial charge in [0.1, 0.15) is 0 Å². The van der Waals surface area contributed by atoms with Crippen molar-refractivity contribution in [1.82, 2.24) is 4.90 Å². The molecule has 0 fully saturated rings. The van der Waals surface area contributed by atoms with Gasteiger partial charge in [0.25, 0.3) is 0 Å². The van der Waals surface area contributed by atoms with Crippen LogP contribution in [0.5, 0.6) is 0 Å². The van der Waals surface area contributed by atoms with Gasteiger partial charge in [-0.2, -0.15) is 0 Å². The largest absolute Gasteiger partial charge is 0.396 e. The van der Waals surface area contributed by atoms with E-state index in [4.69, 9.17) is 10.2 Å². The summed E-state index contributed by atoms with van der Waals surface area (Å²) in [6.07, 6.45) is 6.42. The molecule has 0 aromatic rings. The van der Waals surface area contributed by atoms with Crippen molar-refractivity contribution in [3.63, 3.8) is 0 Å². The molecule has 2 N–H and O–H groups in total. The molecular weight excluding hydrogens is 218 g/mol. The van der Waals surface area contributed by atoms with Crippen molar-refractivity contribution in [2.24, 2.45) is 0 Å². The molecule has 0 saturated carbocycles. The van der Waals surface area contributed by atoms with Crippen molar-refractivity contribution in [1.29, 1.82) is 0 Å². The normalized spacial score (nSPS) is 10.5. The molecule has 0 aliphatic heterocycles. The molecule has 0 heterocycles. The fourth-order valence-corrected chi connectivity index (χ4v) is 1.76. The van der Waals surface area contributed by atoms with Crippen molar-refractivity contribution < 1.29 is 15.0 Å². The lowest BCUT2D eigenvalue weighted by molar-refractivity contribution is -0.132. The molecule has 0 saturated heterocycles. The lowest BCUT2D eigenvalue weighted by atomic mass is 10.2. The molecule has 0 spiro atoms. The Balaban J connectivity index is 3.81. The third-order valence-electron chi connectivity index (χ3n) is 2.80. The Hall–Kier alpha value is -0.610. The van der Waals surface area contributed by atoms with Crippen molar-refractivity contribution in [3.8, 4) is 0 Å². The minimum absolute atomic E-state index is 0.0273. The number of carbonyl (C=O) groups excluding carboxylic acids is 1. The first-order chi connectivity index (χ1) is 8.26. The lowest BCUT2D eigenvalue weighted by Gasteiger charge is -2.21. The number of carbonyl (C=O) groups is 1. The zero-order chi connectivity index (χ0) is 12.9. The summed E-state index contributed by atoms with van der Waals surface area (Å²) < 4.78 is 0. The van der Waals surface area contributed by atoms with E-state index >= 15 is 0 Å². The van der Waals surface area contributed by atoms with E-state index in [0.29, 0.717) is 19.4 Å². The average molecular weight is 245 g/mol. The topological polar surface area (TPSA) is 60.8 Å². The maximum absolute atomic E-state index is 11.8. The van der Waals surface area contributed by atoms with Gasteiger partial charge in [-0.25, -0.2) is 0 Å². The molecule has 0 atom stereocenters. The van der Waals surface area contributed by atoms with Gasteiger partial charge in [-0.1, -0.05) is 26.2 Å². The minimum Gasteiger partial charge on any atom is -0.396 e. The van der Waals surface area contributed by atoms with E-state index < -0.39 is 0 Å². The van der Waals surface area contributed by atoms with E-state index in [2.05, 4.69) is 6.92 Å². The van der Waals surface area contributed by atoms with Gasteiger partial charge in [0.15, 0.2) is 0 Å². The molecular formula is C13H27NO3. The number of hydrogen-bond donors (Lipinski definition) is 2. The first-order valence-electron chi connectivity index (χ1n) is 6.75. The summed E-state index contributed by atoms with van der Waals surface area (Å²) in [5.41, 5.74) is 0. The van der Waals surface area contributed by atoms with Crippen LogP contribution in [0.4, 0.5) is 0 Å². The summed E-state index contributed by atoms with van der Waals surface area (Å²) in [6.45, 7) is 3.51. The molecule has 0 rings (SSSR count). The second-order valence-electron chi connectivity index (χ2n) is 4.35. The van der Waals surface area contributed by atoms with Crippen LogP contribution in [0.3, 0.4) is 0 Å². The second-order valence-corrected chi connectivity index (χ2v) is 4.35. The number of unbranched alkanes of at least 4 members (excludes halogenated alkanes) is 4. The van der Waals surface area contributed by atoms with Gasteiger partial charge in [-0.3, -0.25) is 4.79 Å². The second kappa shape index (κ2) is 11.9. The molecule has 0 aliphatic carbocycles. The first-order valence-corrected chi connectivity index (χ1v) is 6.75. The highest BCUT2D eigenvalue weighted by molar-refractivity contribution is 5.76. The number of aliphatic hydroxyl groups is 2. The predicted molar refractivity (Wildman–Crippen MR) is 68.7 cm³/mol. The Morgan fingerprint density at radius 3 is 2.29 bits per heavy atom. The molecule has 0 bridgehead atoms. The van der Waals surface area contributed by atoms with Crippen LogP contribution < -0.4 is 0 Å². The third-order valence-corrected chi connectivity index (χ3v) is 2.80. The van der Waals surface area contributed by atoms with Crippen molar-refractivity contribution >= 4 is 5.91 Å². The Morgan fingerprint density at radius 1 is 0.941 bits per heavy atom. The third kappa shape index (κ3) is 9.12. The number of rotatable bonds is 11. The van der Waals surface area contributed by atoms with Crippen LogP contribution in [-0.2, 0) is 4.79 Å². The highest BCUT2D eigenvalue weighted by atomic mass is 16.3. The zero-order valence-electron chi connectivity index (χ0n) is 11.0. The van der Waals surface area contributed by atoms with Gasteiger partial charge < -0.3 is 15.1 Å². The SMILES string of the molecule is CCCCCCN(CCO)C(=O)CCCCO. The number of nitrogens with zero attached hydrogens (tertiary/aromatic N) is 1. The van der Waals surface area contributed by atoms with Gasteiger partial charge in [0.2, 0.25) is 5.91 Å². The molecule has 0 aromatic carbocycles. The Kier molecular flexibility index (Phi) is 11.4. The van der Waals surface area contributed by atoms with E-state index in [1.165, 1.54) is 12.8 Å². The quantitative estimate of drug-likeness (QED) is 0.543. The summed E-state index contributed by atoms with van der Waals surface area (Å²) in [5.74, 6) is 0.101. The van der Waals surface area contributed by atoms with Crippen LogP contribution in [-0.4, -0.2) is 47.3 Å². The predicted octanol–water partition coefficient (Wildman–Crippen LogP) is 1.55. The van der Waals surface area contributed by atoms with Gasteiger partial charge in [-0.15, -0.1) is 0 Å². The van der Waals surface area contributed by atoms with E-state index in [1.807, 2.05) is 0 Å². The minimum atomic E-state index is 0.0273. The summed E-state index contributed by atoms with van der Waals surface area (Å²) >= 11 is 0. The van der Waals surface area contributed by atoms with E-state index in [9.17, 15) is 4.79 Å². The standard InChI is InChI=1S/C13H27NO3/c1-2-3-4-6-9-14(10-12-16)13(17)8-5-7-11-15/h15-16H,2-12H2,1H3. The van der Waals surface area contributed by atoms with Gasteiger partial charge in [-0.05, 0) is 19.3 Å². The Bertz CT molecular complexity index is 186. The van der Waals surface area contributed by atoms with E-state index in [0.717, 1.165) is 25.8 Å². The molecule has 4 nitrogen and oxygen atoms in total. The maximum Gasteiger partial charge on any atom is 0.222 e. The highest BCUT2D eigenvalue weighted by Gasteiger charge is 2.11. The number of hydrogen-bond acceptors (Lipinski definition) is 3. The molecule has 0 unspecified atom stereocenters. The smallest absolute Gasteiger partial charge is 0.222 e. The van der Waals surface area contributed by atoms with Crippen LogP contribution in [0.1, 0.15) is 51.9 Å². The Labute approximate surface area is 105 Å². The van der Waals surface area contributed by atoms with Crippen molar-refractivity contribution in [2.75, 3.05) is 26.3 Å². The fourth-order valence-electron chi connectivity index (χ4n) is 1.76. The molecule has 0 aliphatic rings.